The Bertz CT molecular complexity index is 172. The Morgan fingerprint density at radius 2 is 1.93 bits per heavy atom. The molecule has 2 fully saturated rings. The van der Waals surface area contributed by atoms with E-state index in [-0.39, 0.29) is 5.92 Å². The summed E-state index contributed by atoms with van der Waals surface area (Å²) in [6.07, 6.45) is 4.24. The first kappa shape index (κ1) is 10.4. The van der Waals surface area contributed by atoms with Gasteiger partial charge in [0.15, 0.2) is 0 Å². The average molecular weight is 201 g/mol. The maximum Gasteiger partial charge on any atom is 0.115 e. The molecule has 1 atom stereocenters. The summed E-state index contributed by atoms with van der Waals surface area (Å²) >= 11 is 0. The summed E-state index contributed by atoms with van der Waals surface area (Å²) in [5.74, 6) is 0.246. The first-order chi connectivity index (χ1) is 6.81. The Balaban J connectivity index is 1.96. The highest BCUT2D eigenvalue weighted by atomic mass is 19.1. The number of rotatable bonds is 1. The van der Waals surface area contributed by atoms with E-state index in [2.05, 4.69) is 5.32 Å². The quantitative estimate of drug-likeness (QED) is 0.699. The van der Waals surface area contributed by atoms with E-state index >= 15 is 0 Å². The van der Waals surface area contributed by atoms with Crippen LogP contribution in [0.3, 0.4) is 0 Å². The summed E-state index contributed by atoms with van der Waals surface area (Å²) in [5.41, 5.74) is -0.909. The van der Waals surface area contributed by atoms with E-state index in [1.165, 1.54) is 0 Å². The fourth-order valence-corrected chi connectivity index (χ4v) is 2.68. The van der Waals surface area contributed by atoms with Crippen molar-refractivity contribution in [3.8, 4) is 0 Å². The van der Waals surface area contributed by atoms with Gasteiger partial charge in [-0.25, -0.2) is 4.39 Å². The van der Waals surface area contributed by atoms with Crippen molar-refractivity contribution in [1.82, 2.24) is 5.32 Å². The van der Waals surface area contributed by atoms with Gasteiger partial charge in [0.05, 0.1) is 0 Å². The molecule has 2 aliphatic heterocycles. The topological polar surface area (TPSA) is 21.3 Å². The van der Waals surface area contributed by atoms with E-state index in [4.69, 9.17) is 4.74 Å². The third-order valence-corrected chi connectivity index (χ3v) is 3.62. The summed E-state index contributed by atoms with van der Waals surface area (Å²) in [5, 5.41) is 3.27. The van der Waals surface area contributed by atoms with Crippen LogP contribution in [0.4, 0.5) is 4.39 Å². The van der Waals surface area contributed by atoms with Crippen molar-refractivity contribution in [2.45, 2.75) is 37.8 Å². The largest absolute Gasteiger partial charge is 0.381 e. The standard InChI is InChI=1S/C11H20FNO/c12-11(4-1-6-13-7-5-11)10-2-8-14-9-3-10/h10,13H,1-9H2. The van der Waals surface area contributed by atoms with E-state index in [0.29, 0.717) is 6.42 Å². The van der Waals surface area contributed by atoms with Crippen molar-refractivity contribution < 1.29 is 9.13 Å². The molecule has 82 valence electrons. The van der Waals surface area contributed by atoms with Crippen LogP contribution in [0.5, 0.6) is 0 Å². The van der Waals surface area contributed by atoms with Crippen LogP contribution in [-0.2, 0) is 4.74 Å². The molecule has 1 N–H and O–H groups in total. The van der Waals surface area contributed by atoms with Crippen molar-refractivity contribution in [2.75, 3.05) is 26.3 Å². The monoisotopic (exact) mass is 201 g/mol. The van der Waals surface area contributed by atoms with Gasteiger partial charge in [-0.1, -0.05) is 0 Å². The number of hydrogen-bond acceptors (Lipinski definition) is 2. The molecule has 2 heterocycles. The summed E-state index contributed by atoms with van der Waals surface area (Å²) < 4.78 is 19.9. The van der Waals surface area contributed by atoms with Crippen molar-refractivity contribution in [1.29, 1.82) is 0 Å². The van der Waals surface area contributed by atoms with Gasteiger partial charge in [-0.15, -0.1) is 0 Å². The van der Waals surface area contributed by atoms with Crippen molar-refractivity contribution in [2.24, 2.45) is 5.92 Å². The number of ether oxygens (including phenoxy) is 1. The molecular formula is C11H20FNO. The Morgan fingerprint density at radius 3 is 2.71 bits per heavy atom. The molecule has 0 bridgehead atoms. The zero-order valence-electron chi connectivity index (χ0n) is 8.73. The van der Waals surface area contributed by atoms with Crippen LogP contribution in [0.15, 0.2) is 0 Å². The van der Waals surface area contributed by atoms with Crippen molar-refractivity contribution in [3.05, 3.63) is 0 Å². The molecule has 0 aromatic rings. The lowest BCUT2D eigenvalue weighted by Gasteiger charge is -2.35. The Morgan fingerprint density at radius 1 is 1.14 bits per heavy atom. The Kier molecular flexibility index (Phi) is 3.39. The molecule has 0 spiro atoms. The molecule has 1 unspecified atom stereocenters. The minimum Gasteiger partial charge on any atom is -0.381 e. The van der Waals surface area contributed by atoms with E-state index in [1.54, 1.807) is 0 Å². The molecule has 14 heavy (non-hydrogen) atoms. The highest BCUT2D eigenvalue weighted by Crippen LogP contribution is 2.38. The molecule has 0 aromatic carbocycles. The molecule has 0 aliphatic carbocycles. The summed E-state index contributed by atoms with van der Waals surface area (Å²) in [6.45, 7) is 3.33. The van der Waals surface area contributed by atoms with Crippen LogP contribution in [0.25, 0.3) is 0 Å². The highest BCUT2D eigenvalue weighted by molar-refractivity contribution is 4.90. The lowest BCUT2D eigenvalue weighted by atomic mass is 9.79. The molecule has 0 amide bonds. The predicted octanol–water partition coefficient (Wildman–Crippen LogP) is 1.89. The number of alkyl halides is 1. The molecule has 2 saturated heterocycles. The maximum atomic E-state index is 14.6. The number of nitrogens with one attached hydrogen (secondary N) is 1. The van der Waals surface area contributed by atoms with Crippen molar-refractivity contribution in [3.63, 3.8) is 0 Å². The second kappa shape index (κ2) is 4.58. The lowest BCUT2D eigenvalue weighted by Crippen LogP contribution is -2.37. The van der Waals surface area contributed by atoms with E-state index in [1.807, 2.05) is 0 Å². The van der Waals surface area contributed by atoms with E-state index in [0.717, 1.165) is 52.0 Å². The van der Waals surface area contributed by atoms with Crippen molar-refractivity contribution >= 4 is 0 Å². The second-order valence-corrected chi connectivity index (χ2v) is 4.52. The molecule has 0 radical (unpaired) electrons. The molecule has 2 aliphatic rings. The van der Waals surface area contributed by atoms with E-state index < -0.39 is 5.67 Å². The molecular weight excluding hydrogens is 181 g/mol. The van der Waals surface area contributed by atoms with Crippen LogP contribution < -0.4 is 5.32 Å². The average Bonchev–Trinajstić information content (AvgIpc) is 2.46. The van der Waals surface area contributed by atoms with Crippen LogP contribution >= 0.6 is 0 Å². The summed E-state index contributed by atoms with van der Waals surface area (Å²) in [6, 6.07) is 0. The number of hydrogen-bond donors (Lipinski definition) is 1. The van der Waals surface area contributed by atoms with Gasteiger partial charge in [-0.05, 0) is 51.1 Å². The summed E-state index contributed by atoms with van der Waals surface area (Å²) in [4.78, 5) is 0. The number of halogens is 1. The third-order valence-electron chi connectivity index (χ3n) is 3.62. The highest BCUT2D eigenvalue weighted by Gasteiger charge is 2.39. The minimum atomic E-state index is -0.909. The minimum absolute atomic E-state index is 0.246. The van der Waals surface area contributed by atoms with Gasteiger partial charge in [0.2, 0.25) is 0 Å². The fraction of sp³-hybridized carbons (Fsp3) is 1.00. The summed E-state index contributed by atoms with van der Waals surface area (Å²) in [7, 11) is 0. The lowest BCUT2D eigenvalue weighted by molar-refractivity contribution is -0.0177. The van der Waals surface area contributed by atoms with Gasteiger partial charge < -0.3 is 10.1 Å². The molecule has 0 saturated carbocycles. The van der Waals surface area contributed by atoms with Gasteiger partial charge in [-0.3, -0.25) is 0 Å². The smallest absolute Gasteiger partial charge is 0.115 e. The normalized spacial score (nSPS) is 36.6. The van der Waals surface area contributed by atoms with Gasteiger partial charge in [0, 0.05) is 13.2 Å². The zero-order valence-corrected chi connectivity index (χ0v) is 8.73. The Labute approximate surface area is 85.2 Å². The third kappa shape index (κ3) is 2.26. The van der Waals surface area contributed by atoms with Crippen LogP contribution in [0.2, 0.25) is 0 Å². The molecule has 2 nitrogen and oxygen atoms in total. The van der Waals surface area contributed by atoms with Crippen LogP contribution in [0, 0.1) is 5.92 Å². The molecule has 2 rings (SSSR count). The second-order valence-electron chi connectivity index (χ2n) is 4.52. The van der Waals surface area contributed by atoms with Gasteiger partial charge in [0.25, 0.3) is 0 Å². The van der Waals surface area contributed by atoms with E-state index in [9.17, 15) is 4.39 Å². The van der Waals surface area contributed by atoms with Crippen LogP contribution in [0.1, 0.15) is 32.1 Å². The van der Waals surface area contributed by atoms with Gasteiger partial charge in [-0.2, -0.15) is 0 Å². The zero-order chi connectivity index (χ0) is 9.86. The van der Waals surface area contributed by atoms with Gasteiger partial charge in [0.1, 0.15) is 5.67 Å². The van der Waals surface area contributed by atoms with Crippen LogP contribution in [-0.4, -0.2) is 32.0 Å². The van der Waals surface area contributed by atoms with Gasteiger partial charge >= 0.3 is 0 Å². The predicted molar refractivity (Wildman–Crippen MR) is 54.1 cm³/mol. The first-order valence-electron chi connectivity index (χ1n) is 5.79. The maximum absolute atomic E-state index is 14.6. The Hall–Kier alpha value is -0.150. The molecule has 3 heteroatoms. The fourth-order valence-electron chi connectivity index (χ4n) is 2.68. The molecule has 0 aromatic heterocycles. The first-order valence-corrected chi connectivity index (χ1v) is 5.79. The SMILES string of the molecule is FC1(C2CCOCC2)CCCNCC1.